The second kappa shape index (κ2) is 3.71. The monoisotopic (exact) mass is 191 g/mol. The zero-order valence-corrected chi connectivity index (χ0v) is 8.79. The molecular formula is C12H17NO. The van der Waals surface area contributed by atoms with Gasteiger partial charge in [-0.05, 0) is 19.4 Å². The average molecular weight is 191 g/mol. The fraction of sp³-hybridized carbons (Fsp3) is 0.500. The van der Waals surface area contributed by atoms with E-state index in [1.807, 2.05) is 6.07 Å². The highest BCUT2D eigenvalue weighted by Crippen LogP contribution is 2.28. The molecule has 2 atom stereocenters. The summed E-state index contributed by atoms with van der Waals surface area (Å²) in [5.74, 6) is 0. The van der Waals surface area contributed by atoms with E-state index in [2.05, 4.69) is 43.4 Å². The minimum absolute atomic E-state index is 0.168. The smallest absolute Gasteiger partial charge is 0.103 e. The summed E-state index contributed by atoms with van der Waals surface area (Å²) in [5, 5.41) is 3.40. The van der Waals surface area contributed by atoms with E-state index in [1.165, 1.54) is 5.56 Å². The zero-order chi connectivity index (χ0) is 10.0. The molecule has 0 aliphatic carbocycles. The predicted molar refractivity (Wildman–Crippen MR) is 57.2 cm³/mol. The number of hydrogen-bond acceptors (Lipinski definition) is 2. The first kappa shape index (κ1) is 9.69. The van der Waals surface area contributed by atoms with Gasteiger partial charge >= 0.3 is 0 Å². The van der Waals surface area contributed by atoms with Crippen LogP contribution in [0.2, 0.25) is 0 Å². The summed E-state index contributed by atoms with van der Waals surface area (Å²) in [5.41, 5.74) is 1.08. The summed E-state index contributed by atoms with van der Waals surface area (Å²) in [7, 11) is 0. The van der Waals surface area contributed by atoms with Crippen LogP contribution < -0.4 is 5.32 Å². The van der Waals surface area contributed by atoms with Gasteiger partial charge in [-0.2, -0.15) is 0 Å². The molecule has 2 nitrogen and oxygen atoms in total. The van der Waals surface area contributed by atoms with Gasteiger partial charge in [0.15, 0.2) is 0 Å². The third-order valence-corrected chi connectivity index (χ3v) is 2.74. The van der Waals surface area contributed by atoms with E-state index in [-0.39, 0.29) is 11.7 Å². The van der Waals surface area contributed by atoms with Crippen molar-refractivity contribution in [2.75, 3.05) is 13.1 Å². The van der Waals surface area contributed by atoms with E-state index in [1.54, 1.807) is 0 Å². The summed E-state index contributed by atoms with van der Waals surface area (Å²) in [4.78, 5) is 0. The number of hydrogen-bond donors (Lipinski definition) is 1. The first-order valence-corrected chi connectivity index (χ1v) is 5.15. The van der Waals surface area contributed by atoms with Crippen molar-refractivity contribution in [2.45, 2.75) is 25.6 Å². The van der Waals surface area contributed by atoms with Gasteiger partial charge in [-0.15, -0.1) is 0 Å². The van der Waals surface area contributed by atoms with Crippen LogP contribution in [-0.2, 0) is 10.3 Å². The number of benzene rings is 1. The molecule has 1 fully saturated rings. The predicted octanol–water partition coefficient (Wildman–Crippen LogP) is 1.91. The van der Waals surface area contributed by atoms with E-state index in [9.17, 15) is 0 Å². The summed E-state index contributed by atoms with van der Waals surface area (Å²) in [6, 6.07) is 10.4. The van der Waals surface area contributed by atoms with Gasteiger partial charge in [0.05, 0.1) is 6.10 Å². The van der Waals surface area contributed by atoms with Crippen molar-refractivity contribution < 1.29 is 4.74 Å². The average Bonchev–Trinajstić information content (AvgIpc) is 2.19. The molecule has 14 heavy (non-hydrogen) atoms. The number of ether oxygens (including phenoxy) is 1. The van der Waals surface area contributed by atoms with Crippen LogP contribution >= 0.6 is 0 Å². The molecule has 0 amide bonds. The largest absolute Gasteiger partial charge is 0.365 e. The standard InChI is InChI=1S/C12H17NO/c1-10-8-13-9-12(2,14-10)11-6-4-3-5-7-11/h3-7,10,13H,8-9H2,1-2H3. The Hall–Kier alpha value is -0.860. The molecule has 1 N–H and O–H groups in total. The van der Waals surface area contributed by atoms with Gasteiger partial charge in [-0.3, -0.25) is 0 Å². The van der Waals surface area contributed by atoms with Crippen LogP contribution in [0.3, 0.4) is 0 Å². The lowest BCUT2D eigenvalue weighted by Crippen LogP contribution is -2.49. The Labute approximate surface area is 85.3 Å². The Morgan fingerprint density at radius 3 is 2.71 bits per heavy atom. The molecule has 1 saturated heterocycles. The first-order chi connectivity index (χ1) is 6.71. The Morgan fingerprint density at radius 2 is 2.07 bits per heavy atom. The van der Waals surface area contributed by atoms with E-state index in [0.29, 0.717) is 0 Å². The molecule has 2 heteroatoms. The maximum Gasteiger partial charge on any atom is 0.103 e. The van der Waals surface area contributed by atoms with Crippen LogP contribution in [0.15, 0.2) is 30.3 Å². The Morgan fingerprint density at radius 1 is 1.36 bits per heavy atom. The molecule has 2 unspecified atom stereocenters. The highest BCUT2D eigenvalue weighted by molar-refractivity contribution is 5.22. The van der Waals surface area contributed by atoms with Crippen molar-refractivity contribution in [1.29, 1.82) is 0 Å². The number of nitrogens with one attached hydrogen (secondary N) is 1. The molecule has 1 aromatic rings. The topological polar surface area (TPSA) is 21.3 Å². The van der Waals surface area contributed by atoms with Crippen LogP contribution in [0.4, 0.5) is 0 Å². The summed E-state index contributed by atoms with van der Waals surface area (Å²) in [6.45, 7) is 6.09. The summed E-state index contributed by atoms with van der Waals surface area (Å²) < 4.78 is 6.00. The molecule has 0 spiro atoms. The first-order valence-electron chi connectivity index (χ1n) is 5.15. The van der Waals surface area contributed by atoms with Crippen molar-refractivity contribution in [1.82, 2.24) is 5.32 Å². The van der Waals surface area contributed by atoms with Crippen LogP contribution in [0, 0.1) is 0 Å². The maximum absolute atomic E-state index is 6.00. The lowest BCUT2D eigenvalue weighted by atomic mass is 9.94. The minimum atomic E-state index is -0.168. The number of rotatable bonds is 1. The van der Waals surface area contributed by atoms with E-state index < -0.39 is 0 Å². The highest BCUT2D eigenvalue weighted by atomic mass is 16.5. The molecule has 0 aromatic heterocycles. The summed E-state index contributed by atoms with van der Waals surface area (Å²) in [6.07, 6.45) is 0.286. The van der Waals surface area contributed by atoms with Crippen molar-refractivity contribution in [3.8, 4) is 0 Å². The third-order valence-electron chi connectivity index (χ3n) is 2.74. The Bertz CT molecular complexity index is 298. The van der Waals surface area contributed by atoms with E-state index >= 15 is 0 Å². The van der Waals surface area contributed by atoms with E-state index in [0.717, 1.165) is 13.1 Å². The highest BCUT2D eigenvalue weighted by Gasteiger charge is 2.32. The fourth-order valence-electron chi connectivity index (χ4n) is 2.00. The third kappa shape index (κ3) is 1.81. The molecule has 1 aliphatic heterocycles. The normalized spacial score (nSPS) is 32.9. The van der Waals surface area contributed by atoms with Gasteiger partial charge in [0.25, 0.3) is 0 Å². The Kier molecular flexibility index (Phi) is 2.57. The van der Waals surface area contributed by atoms with Crippen molar-refractivity contribution >= 4 is 0 Å². The van der Waals surface area contributed by atoms with Gasteiger partial charge in [0.2, 0.25) is 0 Å². The fourth-order valence-corrected chi connectivity index (χ4v) is 2.00. The van der Waals surface area contributed by atoms with Crippen LogP contribution in [-0.4, -0.2) is 19.2 Å². The summed E-state index contributed by atoms with van der Waals surface area (Å²) >= 11 is 0. The lowest BCUT2D eigenvalue weighted by Gasteiger charge is -2.38. The van der Waals surface area contributed by atoms with Crippen LogP contribution in [0.5, 0.6) is 0 Å². The SMILES string of the molecule is CC1CNCC(C)(c2ccccc2)O1. The van der Waals surface area contributed by atoms with Crippen molar-refractivity contribution in [3.63, 3.8) is 0 Å². The van der Waals surface area contributed by atoms with Gasteiger partial charge in [-0.25, -0.2) is 0 Å². The van der Waals surface area contributed by atoms with Gasteiger partial charge in [0.1, 0.15) is 5.60 Å². The lowest BCUT2D eigenvalue weighted by molar-refractivity contribution is -0.102. The molecule has 1 aromatic carbocycles. The van der Waals surface area contributed by atoms with Gasteiger partial charge in [-0.1, -0.05) is 30.3 Å². The quantitative estimate of drug-likeness (QED) is 0.732. The molecule has 1 aliphatic rings. The minimum Gasteiger partial charge on any atom is -0.365 e. The molecule has 2 rings (SSSR count). The molecule has 1 heterocycles. The molecule has 0 bridgehead atoms. The van der Waals surface area contributed by atoms with Crippen molar-refractivity contribution in [3.05, 3.63) is 35.9 Å². The zero-order valence-electron chi connectivity index (χ0n) is 8.79. The van der Waals surface area contributed by atoms with Crippen LogP contribution in [0.1, 0.15) is 19.4 Å². The second-order valence-corrected chi connectivity index (χ2v) is 4.16. The molecular weight excluding hydrogens is 174 g/mol. The molecule has 0 radical (unpaired) electrons. The maximum atomic E-state index is 6.00. The second-order valence-electron chi connectivity index (χ2n) is 4.16. The Balaban J connectivity index is 2.23. The van der Waals surface area contributed by atoms with Gasteiger partial charge in [0, 0.05) is 13.1 Å². The van der Waals surface area contributed by atoms with Crippen molar-refractivity contribution in [2.24, 2.45) is 0 Å². The van der Waals surface area contributed by atoms with E-state index in [4.69, 9.17) is 4.74 Å². The van der Waals surface area contributed by atoms with Crippen LogP contribution in [0.25, 0.3) is 0 Å². The molecule has 76 valence electrons. The number of morpholine rings is 1. The van der Waals surface area contributed by atoms with Gasteiger partial charge < -0.3 is 10.1 Å². The molecule has 0 saturated carbocycles.